The van der Waals surface area contributed by atoms with Crippen molar-refractivity contribution in [1.82, 2.24) is 9.97 Å². The van der Waals surface area contributed by atoms with E-state index in [2.05, 4.69) is 20.6 Å². The summed E-state index contributed by atoms with van der Waals surface area (Å²) in [6.45, 7) is 5.33. The van der Waals surface area contributed by atoms with E-state index < -0.39 is 149 Å². The summed E-state index contributed by atoms with van der Waals surface area (Å²) in [5, 5.41) is 2.04. The standard InChI is InChI=1S/C67H42F24N4O2P2/c1-4-49(54-31(2)50-7-5-9-52(56(50)94-54)92-58(96)33-11-15-43(16-12-33)98(45-23-35(60(68,69)70)19-36(24-45)61(71,72)73)46-25-37(62(74,75)76)20-38(26-46)63(77,78)79)55-32(3)51-8-6-10-53(57(51)95-55)93-59(97)34-13-17-44(18-14-34)99(47-27-39(64(80,81)82)21-40(28-47)65(83,84)85)48-29-41(66(86,87)88)22-42(30-48)67(89,90)91/h5-30,49,94-95H,4H2,1-3H3,(H,92,96)(H,93,97). The molecule has 2 amide bonds. The van der Waals surface area contributed by atoms with Gasteiger partial charge in [-0.15, -0.1) is 0 Å². The van der Waals surface area contributed by atoms with Crippen LogP contribution >= 0.6 is 15.8 Å². The number of rotatable bonds is 13. The molecule has 10 aromatic rings. The Morgan fingerprint density at radius 1 is 0.343 bits per heavy atom. The molecule has 0 atom stereocenters. The fourth-order valence-electron chi connectivity index (χ4n) is 11.3. The molecule has 0 aliphatic heterocycles. The van der Waals surface area contributed by atoms with Crippen LogP contribution in [-0.2, 0) is 49.4 Å². The van der Waals surface area contributed by atoms with Crippen LogP contribution in [0.15, 0.2) is 158 Å². The smallest absolute Gasteiger partial charge is 0.356 e. The summed E-state index contributed by atoms with van der Waals surface area (Å²) in [6.07, 6.45) is -43.5. The second-order valence-corrected chi connectivity index (χ2v) is 26.9. The van der Waals surface area contributed by atoms with Gasteiger partial charge in [-0.3, -0.25) is 9.59 Å². The predicted octanol–water partition coefficient (Wildman–Crippen LogP) is 20.0. The molecule has 32 heteroatoms. The molecule has 0 bridgehead atoms. The molecule has 2 heterocycles. The van der Waals surface area contributed by atoms with Crippen molar-refractivity contribution in [3.8, 4) is 0 Å². The molecule has 0 saturated heterocycles. The van der Waals surface area contributed by atoms with E-state index in [0.717, 1.165) is 48.5 Å². The highest BCUT2D eigenvalue weighted by molar-refractivity contribution is 7.80. The minimum absolute atomic E-state index is 0.140. The number of anilines is 2. The summed E-state index contributed by atoms with van der Waals surface area (Å²) < 4.78 is 340. The number of nitrogens with one attached hydrogen (secondary N) is 4. The van der Waals surface area contributed by atoms with Crippen LogP contribution in [0.4, 0.5) is 117 Å². The van der Waals surface area contributed by atoms with Crippen LogP contribution in [0.5, 0.6) is 0 Å². The van der Waals surface area contributed by atoms with E-state index in [4.69, 9.17) is 0 Å². The van der Waals surface area contributed by atoms with Gasteiger partial charge in [-0.2, -0.15) is 105 Å². The number of benzene rings is 8. The Balaban J connectivity index is 0.952. The third kappa shape index (κ3) is 15.4. The maximum absolute atomic E-state index is 14.2. The van der Waals surface area contributed by atoms with Crippen molar-refractivity contribution in [1.29, 1.82) is 0 Å². The maximum atomic E-state index is 14.2. The quantitative estimate of drug-likeness (QED) is 0.0684. The van der Waals surface area contributed by atoms with Gasteiger partial charge in [-0.05, 0) is 188 Å². The first-order chi connectivity index (χ1) is 45.7. The Hall–Kier alpha value is -9.04. The van der Waals surface area contributed by atoms with Crippen molar-refractivity contribution in [3.63, 3.8) is 0 Å². The second-order valence-electron chi connectivity index (χ2n) is 22.5. The van der Waals surface area contributed by atoms with Crippen molar-refractivity contribution < 1.29 is 115 Å². The third-order valence-corrected chi connectivity index (χ3v) is 20.7. The molecule has 0 radical (unpaired) electrons. The molecular weight excluding hydrogens is 1410 g/mol. The molecule has 0 unspecified atom stereocenters. The average molecular weight is 1450 g/mol. The molecule has 0 saturated carbocycles. The third-order valence-electron chi connectivity index (χ3n) is 16.0. The van der Waals surface area contributed by atoms with Crippen LogP contribution in [0.3, 0.4) is 0 Å². The Labute approximate surface area is 544 Å². The van der Waals surface area contributed by atoms with Crippen LogP contribution in [-0.4, -0.2) is 21.8 Å². The van der Waals surface area contributed by atoms with Crippen molar-refractivity contribution in [3.05, 3.63) is 236 Å². The molecule has 8 aromatic carbocycles. The Bertz CT molecular complexity index is 4170. The number of H-pyrrole nitrogens is 2. The minimum Gasteiger partial charge on any atom is -0.356 e. The van der Waals surface area contributed by atoms with E-state index in [-0.39, 0.29) is 106 Å². The topological polar surface area (TPSA) is 89.8 Å². The summed E-state index contributed by atoms with van der Waals surface area (Å²) in [4.78, 5) is 34.8. The zero-order chi connectivity index (χ0) is 72.8. The number of aryl methyl sites for hydroxylation is 2. The number of fused-ring (bicyclic) bond motifs is 2. The number of amides is 2. The molecule has 0 spiro atoms. The number of carbonyl (C=O) groups is 2. The largest absolute Gasteiger partial charge is 0.416 e. The van der Waals surface area contributed by atoms with Gasteiger partial charge in [0.05, 0.1) is 66.9 Å². The highest BCUT2D eigenvalue weighted by atomic mass is 31.1. The number of aromatic amines is 2. The fourth-order valence-corrected chi connectivity index (χ4v) is 16.1. The molecule has 520 valence electrons. The predicted molar refractivity (Wildman–Crippen MR) is 324 cm³/mol. The van der Waals surface area contributed by atoms with Gasteiger partial charge in [0, 0.05) is 39.2 Å². The molecule has 4 N–H and O–H groups in total. The molecule has 0 fully saturated rings. The van der Waals surface area contributed by atoms with Crippen LogP contribution < -0.4 is 42.5 Å². The lowest BCUT2D eigenvalue weighted by Gasteiger charge is -2.24. The Morgan fingerprint density at radius 3 is 0.788 bits per heavy atom. The van der Waals surface area contributed by atoms with Crippen LogP contribution in [0.2, 0.25) is 0 Å². The number of hydrogen-bond donors (Lipinski definition) is 4. The first-order valence-electron chi connectivity index (χ1n) is 28.5. The summed E-state index contributed by atoms with van der Waals surface area (Å²) in [5.41, 5.74) is -12.3. The number of aromatic nitrogens is 2. The van der Waals surface area contributed by atoms with Gasteiger partial charge >= 0.3 is 49.4 Å². The van der Waals surface area contributed by atoms with Crippen LogP contribution in [0, 0.1) is 13.8 Å². The molecule has 0 aliphatic carbocycles. The fraction of sp³-hybridized carbons (Fsp3) is 0.194. The summed E-state index contributed by atoms with van der Waals surface area (Å²) in [7, 11) is -6.27. The van der Waals surface area contributed by atoms with Crippen molar-refractivity contribution in [2.24, 2.45) is 0 Å². The number of para-hydroxylation sites is 2. The molecule has 6 nitrogen and oxygen atoms in total. The van der Waals surface area contributed by atoms with Crippen molar-refractivity contribution in [2.75, 3.05) is 10.6 Å². The van der Waals surface area contributed by atoms with Crippen LogP contribution in [0.25, 0.3) is 21.8 Å². The van der Waals surface area contributed by atoms with Gasteiger partial charge in [-0.25, -0.2) is 0 Å². The second kappa shape index (κ2) is 25.9. The van der Waals surface area contributed by atoms with Gasteiger partial charge in [0.1, 0.15) is 0 Å². The highest BCUT2D eigenvalue weighted by Gasteiger charge is 2.44. The molecular formula is C67H42F24N4O2P2. The van der Waals surface area contributed by atoms with Gasteiger partial charge in [0.25, 0.3) is 11.8 Å². The lowest BCUT2D eigenvalue weighted by atomic mass is 9.92. The summed E-state index contributed by atoms with van der Waals surface area (Å²) in [6, 6.07) is 17.8. The molecule has 0 aliphatic rings. The van der Waals surface area contributed by atoms with E-state index in [1.807, 2.05) is 6.92 Å². The van der Waals surface area contributed by atoms with Gasteiger partial charge in [0.2, 0.25) is 0 Å². The summed E-state index contributed by atoms with van der Waals surface area (Å²) >= 11 is 0. The monoisotopic (exact) mass is 1450 g/mol. The molecule has 99 heavy (non-hydrogen) atoms. The van der Waals surface area contributed by atoms with Crippen LogP contribution in [0.1, 0.15) is 107 Å². The SMILES string of the molecule is CCC(c1[nH]c2c(NC(=O)c3ccc(P(c4cc(C(F)(F)F)cc(C(F)(F)F)c4)c4cc(C(F)(F)F)cc(C(F)(F)F)c4)cc3)cccc2c1C)c1[nH]c2c(NC(=O)c3ccc(P(c4cc(C(F)(F)F)cc(C(F)(F)F)c4)c4cc(C(F)(F)F)cc(C(F)(F)F)c4)cc3)cccc2c1C. The van der Waals surface area contributed by atoms with E-state index >= 15 is 0 Å². The Kier molecular flexibility index (Phi) is 19.0. The van der Waals surface area contributed by atoms with E-state index in [1.165, 1.54) is 12.1 Å². The number of alkyl halides is 24. The highest BCUT2D eigenvalue weighted by Crippen LogP contribution is 2.47. The number of carbonyl (C=O) groups excluding carboxylic acids is 2. The Morgan fingerprint density at radius 2 is 0.576 bits per heavy atom. The number of hydrogen-bond acceptors (Lipinski definition) is 2. The number of halogens is 24. The molecule has 2 aromatic heterocycles. The first kappa shape index (κ1) is 72.7. The van der Waals surface area contributed by atoms with E-state index in [9.17, 15) is 115 Å². The lowest BCUT2D eigenvalue weighted by Crippen LogP contribution is -2.26. The minimum atomic E-state index is -5.48. The zero-order valence-electron chi connectivity index (χ0n) is 50.1. The average Bonchev–Trinajstić information content (AvgIpc) is 1.73. The van der Waals surface area contributed by atoms with Crippen molar-refractivity contribution >= 4 is 92.7 Å². The van der Waals surface area contributed by atoms with Gasteiger partial charge in [-0.1, -0.05) is 55.5 Å². The molecule has 10 rings (SSSR count). The lowest BCUT2D eigenvalue weighted by molar-refractivity contribution is -0.144. The zero-order valence-corrected chi connectivity index (χ0v) is 51.9. The summed E-state index contributed by atoms with van der Waals surface area (Å²) in [5.74, 6) is -2.33. The van der Waals surface area contributed by atoms with Gasteiger partial charge in [0.15, 0.2) is 0 Å². The normalized spacial score (nSPS) is 13.2. The van der Waals surface area contributed by atoms with Gasteiger partial charge < -0.3 is 20.6 Å². The van der Waals surface area contributed by atoms with E-state index in [0.29, 0.717) is 50.7 Å². The van der Waals surface area contributed by atoms with E-state index in [1.54, 1.807) is 38.1 Å². The van der Waals surface area contributed by atoms with Crippen molar-refractivity contribution in [2.45, 2.75) is 82.5 Å². The first-order valence-corrected chi connectivity index (χ1v) is 31.2. The maximum Gasteiger partial charge on any atom is 0.416 e.